The number of nitrogen functional groups attached to an aromatic ring is 1. The molecule has 36 heavy (non-hydrogen) atoms. The standard InChI is InChI=1S/C26H23N5O5/c1-17-12-13-20(14-21(17)31(35)36)25(33)29(15-18-8-4-2-5-9-18)22-23(27)30(26(34)28-24(22)32)16-19-10-6-3-7-11-19/h2-14H,15-16,27H2,1H3,(H,28,32,34). The molecular formula is C26H23N5O5. The van der Waals surface area contributed by atoms with Crippen molar-refractivity contribution in [3.05, 3.63) is 132 Å². The average Bonchev–Trinajstić information content (AvgIpc) is 2.87. The van der Waals surface area contributed by atoms with Gasteiger partial charge in [0, 0.05) is 17.2 Å². The molecule has 0 atom stereocenters. The first-order chi connectivity index (χ1) is 17.3. The molecule has 3 aromatic carbocycles. The van der Waals surface area contributed by atoms with Crippen molar-refractivity contribution in [2.75, 3.05) is 10.6 Å². The highest BCUT2D eigenvalue weighted by Gasteiger charge is 2.27. The third-order valence-corrected chi connectivity index (χ3v) is 5.75. The molecule has 4 rings (SSSR count). The second-order valence-electron chi connectivity index (χ2n) is 8.20. The highest BCUT2D eigenvalue weighted by atomic mass is 16.6. The van der Waals surface area contributed by atoms with E-state index in [2.05, 4.69) is 4.98 Å². The zero-order valence-electron chi connectivity index (χ0n) is 19.4. The summed E-state index contributed by atoms with van der Waals surface area (Å²) in [4.78, 5) is 53.6. The Labute approximate surface area is 205 Å². The van der Waals surface area contributed by atoms with E-state index in [9.17, 15) is 24.5 Å². The SMILES string of the molecule is Cc1ccc(C(=O)N(Cc2ccccc2)c2c(N)n(Cc3ccccc3)c(=O)[nH]c2=O)cc1[N+](=O)[O-]. The third kappa shape index (κ3) is 4.92. The maximum absolute atomic E-state index is 13.7. The van der Waals surface area contributed by atoms with Crippen LogP contribution >= 0.6 is 0 Å². The molecule has 0 saturated heterocycles. The van der Waals surface area contributed by atoms with Gasteiger partial charge in [-0.05, 0) is 24.1 Å². The number of nitrogens with two attached hydrogens (primary N) is 1. The van der Waals surface area contributed by atoms with Crippen molar-refractivity contribution in [3.63, 3.8) is 0 Å². The Morgan fingerprint density at radius 2 is 1.61 bits per heavy atom. The molecule has 4 aromatic rings. The van der Waals surface area contributed by atoms with Gasteiger partial charge in [-0.3, -0.25) is 34.2 Å². The van der Waals surface area contributed by atoms with Crippen LogP contribution in [0.15, 0.2) is 88.5 Å². The predicted molar refractivity (Wildman–Crippen MR) is 136 cm³/mol. The van der Waals surface area contributed by atoms with Crippen LogP contribution in [0.5, 0.6) is 0 Å². The van der Waals surface area contributed by atoms with Crippen molar-refractivity contribution in [3.8, 4) is 0 Å². The zero-order valence-corrected chi connectivity index (χ0v) is 19.4. The van der Waals surface area contributed by atoms with E-state index in [0.29, 0.717) is 11.1 Å². The van der Waals surface area contributed by atoms with E-state index in [-0.39, 0.29) is 35.8 Å². The van der Waals surface area contributed by atoms with Gasteiger partial charge in [-0.1, -0.05) is 66.7 Å². The molecule has 0 unspecified atom stereocenters. The van der Waals surface area contributed by atoms with Crippen LogP contribution in [0.4, 0.5) is 17.2 Å². The van der Waals surface area contributed by atoms with Gasteiger partial charge in [0.25, 0.3) is 17.2 Å². The van der Waals surface area contributed by atoms with Crippen LogP contribution in [0.25, 0.3) is 0 Å². The molecule has 0 fully saturated rings. The number of amides is 1. The molecule has 0 aliphatic rings. The molecule has 1 heterocycles. The normalized spacial score (nSPS) is 10.7. The minimum atomic E-state index is -0.840. The summed E-state index contributed by atoms with van der Waals surface area (Å²) < 4.78 is 1.18. The number of benzene rings is 3. The lowest BCUT2D eigenvalue weighted by molar-refractivity contribution is -0.385. The molecule has 0 bridgehead atoms. The fraction of sp³-hybridized carbons (Fsp3) is 0.115. The number of aromatic nitrogens is 2. The smallest absolute Gasteiger partial charge is 0.330 e. The van der Waals surface area contributed by atoms with Crippen LogP contribution in [0.2, 0.25) is 0 Å². The summed E-state index contributed by atoms with van der Waals surface area (Å²) in [6.07, 6.45) is 0. The molecule has 0 spiro atoms. The summed E-state index contributed by atoms with van der Waals surface area (Å²) in [6, 6.07) is 22.0. The highest BCUT2D eigenvalue weighted by Crippen LogP contribution is 2.25. The van der Waals surface area contributed by atoms with Crippen molar-refractivity contribution < 1.29 is 9.72 Å². The van der Waals surface area contributed by atoms with Gasteiger partial charge in [0.05, 0.1) is 18.0 Å². The maximum atomic E-state index is 13.7. The number of aryl methyl sites for hydroxylation is 1. The quantitative estimate of drug-likeness (QED) is 0.304. The summed E-state index contributed by atoms with van der Waals surface area (Å²) in [5, 5.41) is 11.5. The topological polar surface area (TPSA) is 144 Å². The third-order valence-electron chi connectivity index (χ3n) is 5.75. The van der Waals surface area contributed by atoms with E-state index < -0.39 is 22.1 Å². The first-order valence-corrected chi connectivity index (χ1v) is 11.0. The summed E-state index contributed by atoms with van der Waals surface area (Å²) in [6.45, 7) is 1.58. The summed E-state index contributed by atoms with van der Waals surface area (Å²) in [5.74, 6) is -0.873. The molecule has 0 saturated carbocycles. The van der Waals surface area contributed by atoms with Gasteiger partial charge in [-0.2, -0.15) is 0 Å². The Kier molecular flexibility index (Phi) is 6.77. The van der Waals surface area contributed by atoms with E-state index in [4.69, 9.17) is 5.73 Å². The second-order valence-corrected chi connectivity index (χ2v) is 8.20. The number of rotatable bonds is 7. The lowest BCUT2D eigenvalue weighted by Crippen LogP contribution is -2.41. The van der Waals surface area contributed by atoms with Gasteiger partial charge >= 0.3 is 5.69 Å². The monoisotopic (exact) mass is 485 g/mol. The van der Waals surface area contributed by atoms with Crippen LogP contribution < -0.4 is 21.9 Å². The zero-order chi connectivity index (χ0) is 25.8. The van der Waals surface area contributed by atoms with E-state index >= 15 is 0 Å². The van der Waals surface area contributed by atoms with Gasteiger partial charge in [0.2, 0.25) is 0 Å². The number of nitro groups is 1. The van der Waals surface area contributed by atoms with Crippen LogP contribution in [0, 0.1) is 17.0 Å². The van der Waals surface area contributed by atoms with E-state index in [1.165, 1.54) is 22.8 Å². The Bertz CT molecular complexity index is 1540. The molecule has 10 nitrogen and oxygen atoms in total. The van der Waals surface area contributed by atoms with Crippen molar-refractivity contribution >= 4 is 23.1 Å². The molecule has 1 aromatic heterocycles. The molecule has 0 aliphatic carbocycles. The lowest BCUT2D eigenvalue weighted by atomic mass is 10.1. The highest BCUT2D eigenvalue weighted by molar-refractivity contribution is 6.07. The molecular weight excluding hydrogens is 462 g/mol. The molecule has 1 amide bonds. The first-order valence-electron chi connectivity index (χ1n) is 11.0. The molecule has 182 valence electrons. The number of carbonyl (C=O) groups is 1. The van der Waals surface area contributed by atoms with Crippen LogP contribution in [0.1, 0.15) is 27.0 Å². The van der Waals surface area contributed by atoms with E-state index in [1.807, 2.05) is 6.07 Å². The Hall–Kier alpha value is -4.99. The predicted octanol–water partition coefficient (Wildman–Crippen LogP) is 3.23. The number of hydrogen-bond donors (Lipinski definition) is 2. The average molecular weight is 486 g/mol. The molecule has 3 N–H and O–H groups in total. The van der Waals surface area contributed by atoms with Crippen molar-refractivity contribution in [1.29, 1.82) is 0 Å². The van der Waals surface area contributed by atoms with Gasteiger partial charge < -0.3 is 5.73 Å². The van der Waals surface area contributed by atoms with Crippen LogP contribution in [0.3, 0.4) is 0 Å². The second kappa shape index (κ2) is 10.1. The largest absolute Gasteiger partial charge is 0.383 e. The molecule has 0 radical (unpaired) electrons. The number of nitrogens with one attached hydrogen (secondary N) is 1. The van der Waals surface area contributed by atoms with Gasteiger partial charge in [-0.15, -0.1) is 0 Å². The first kappa shape index (κ1) is 24.1. The van der Waals surface area contributed by atoms with Crippen LogP contribution in [-0.2, 0) is 13.1 Å². The maximum Gasteiger partial charge on any atom is 0.330 e. The number of anilines is 2. The molecule has 10 heteroatoms. The minimum Gasteiger partial charge on any atom is -0.383 e. The number of nitro benzene ring substituents is 1. The van der Waals surface area contributed by atoms with Crippen LogP contribution in [-0.4, -0.2) is 20.4 Å². The van der Waals surface area contributed by atoms with E-state index in [0.717, 1.165) is 10.5 Å². The van der Waals surface area contributed by atoms with Gasteiger partial charge in [-0.25, -0.2) is 4.79 Å². The lowest BCUT2D eigenvalue weighted by Gasteiger charge is -2.25. The Morgan fingerprint density at radius 1 is 1.00 bits per heavy atom. The fourth-order valence-corrected chi connectivity index (χ4v) is 3.87. The molecule has 0 aliphatic heterocycles. The van der Waals surface area contributed by atoms with Gasteiger partial charge in [0.15, 0.2) is 5.69 Å². The number of aromatic amines is 1. The minimum absolute atomic E-state index is 0.00263. The number of nitrogens with zero attached hydrogens (tertiary/aromatic N) is 3. The summed E-state index contributed by atoms with van der Waals surface area (Å²) in [7, 11) is 0. The van der Waals surface area contributed by atoms with Crippen molar-refractivity contribution in [2.24, 2.45) is 0 Å². The Morgan fingerprint density at radius 3 is 2.22 bits per heavy atom. The van der Waals surface area contributed by atoms with E-state index in [1.54, 1.807) is 61.5 Å². The number of H-pyrrole nitrogens is 1. The van der Waals surface area contributed by atoms with Gasteiger partial charge in [0.1, 0.15) is 5.82 Å². The Balaban J connectivity index is 1.87. The fourth-order valence-electron chi connectivity index (χ4n) is 3.87. The van der Waals surface area contributed by atoms with Crippen molar-refractivity contribution in [1.82, 2.24) is 9.55 Å². The van der Waals surface area contributed by atoms with Crippen molar-refractivity contribution in [2.45, 2.75) is 20.0 Å². The summed E-state index contributed by atoms with van der Waals surface area (Å²) in [5.41, 5.74) is 6.18. The summed E-state index contributed by atoms with van der Waals surface area (Å²) >= 11 is 0. The number of hydrogen-bond acceptors (Lipinski definition) is 6. The number of carbonyl (C=O) groups excluding carboxylic acids is 1.